The average molecular weight is 397 g/mol. The van der Waals surface area contributed by atoms with Crippen LogP contribution in [0.15, 0.2) is 28.9 Å². The van der Waals surface area contributed by atoms with Crippen molar-refractivity contribution in [2.75, 3.05) is 26.3 Å². The van der Waals surface area contributed by atoms with Crippen LogP contribution in [0.5, 0.6) is 0 Å². The minimum atomic E-state index is -0.255. The Morgan fingerprint density at radius 2 is 2.10 bits per heavy atom. The Labute approximate surface area is 167 Å². The molecule has 1 amide bonds. The zero-order chi connectivity index (χ0) is 19.8. The Morgan fingerprint density at radius 1 is 1.24 bits per heavy atom. The second-order valence-electron chi connectivity index (χ2n) is 7.63. The van der Waals surface area contributed by atoms with Gasteiger partial charge in [0.05, 0.1) is 24.9 Å². The van der Waals surface area contributed by atoms with Crippen LogP contribution in [-0.2, 0) is 16.5 Å². The number of hydrogen-bond acceptors (Lipinski definition) is 7. The van der Waals surface area contributed by atoms with Crippen molar-refractivity contribution in [1.82, 2.24) is 24.8 Å². The maximum Gasteiger partial charge on any atom is 0.410 e. The van der Waals surface area contributed by atoms with Crippen molar-refractivity contribution >= 4 is 17.0 Å². The molecule has 2 aliphatic rings. The number of ether oxygens (including phenoxy) is 2. The van der Waals surface area contributed by atoms with Crippen LogP contribution in [0.1, 0.15) is 31.1 Å². The van der Waals surface area contributed by atoms with Crippen LogP contribution in [0.4, 0.5) is 4.79 Å². The van der Waals surface area contributed by atoms with Gasteiger partial charge in [-0.25, -0.2) is 4.79 Å². The lowest BCUT2D eigenvalue weighted by molar-refractivity contribution is 0.0481. The molecule has 2 saturated heterocycles. The number of hydrogen-bond donors (Lipinski definition) is 0. The maximum absolute atomic E-state index is 12.3. The topological polar surface area (TPSA) is 95.5 Å². The van der Waals surface area contributed by atoms with E-state index in [9.17, 15) is 4.79 Å². The summed E-state index contributed by atoms with van der Waals surface area (Å²) in [5, 5.41) is 9.51. The molecule has 0 N–H and O–H groups in total. The third-order valence-corrected chi connectivity index (χ3v) is 5.71. The molecular weight excluding hydrogens is 374 g/mol. The monoisotopic (exact) mass is 397 g/mol. The Morgan fingerprint density at radius 3 is 2.90 bits per heavy atom. The standard InChI is InChI=1S/C20H23N5O4/c1-24-17-10-14(2-3-15(17)11-21-24)18-22-19(29-23-18)13-4-7-25(8-5-13)20(26)28-16-6-9-27-12-16/h2-3,10-11,13,16H,4-9,12H2,1H3. The Hall–Kier alpha value is -2.94. The molecule has 1 aromatic carbocycles. The van der Waals surface area contributed by atoms with E-state index in [2.05, 4.69) is 15.2 Å². The lowest BCUT2D eigenvalue weighted by atomic mass is 9.97. The van der Waals surface area contributed by atoms with Crippen LogP contribution in [-0.4, -0.2) is 63.3 Å². The van der Waals surface area contributed by atoms with Crippen LogP contribution in [0.3, 0.4) is 0 Å². The van der Waals surface area contributed by atoms with Gasteiger partial charge in [0, 0.05) is 43.4 Å². The molecule has 29 heavy (non-hydrogen) atoms. The highest BCUT2D eigenvalue weighted by molar-refractivity contribution is 5.83. The Bertz CT molecular complexity index is 1010. The summed E-state index contributed by atoms with van der Waals surface area (Å²) in [6.45, 7) is 2.40. The van der Waals surface area contributed by atoms with Crippen LogP contribution in [0.25, 0.3) is 22.3 Å². The molecule has 1 atom stereocenters. The second-order valence-corrected chi connectivity index (χ2v) is 7.63. The first-order valence-electron chi connectivity index (χ1n) is 9.96. The van der Waals surface area contributed by atoms with Gasteiger partial charge in [-0.05, 0) is 18.9 Å². The van der Waals surface area contributed by atoms with E-state index in [1.165, 1.54) is 0 Å². The SMILES string of the molecule is Cn1ncc2ccc(-c3noc(C4CCN(C(=O)OC5CCOC5)CC4)n3)cc21. The van der Waals surface area contributed by atoms with E-state index < -0.39 is 0 Å². The van der Waals surface area contributed by atoms with E-state index in [4.69, 9.17) is 14.0 Å². The van der Waals surface area contributed by atoms with Gasteiger partial charge in [0.25, 0.3) is 0 Å². The molecule has 9 nitrogen and oxygen atoms in total. The molecule has 1 unspecified atom stereocenters. The number of aryl methyl sites for hydroxylation is 1. The molecule has 2 fully saturated rings. The smallest absolute Gasteiger partial charge is 0.410 e. The van der Waals surface area contributed by atoms with Crippen molar-refractivity contribution in [1.29, 1.82) is 0 Å². The van der Waals surface area contributed by atoms with Crippen LogP contribution < -0.4 is 0 Å². The molecular formula is C20H23N5O4. The molecule has 2 aromatic heterocycles. The largest absolute Gasteiger partial charge is 0.444 e. The van der Waals surface area contributed by atoms with E-state index in [0.717, 1.165) is 35.7 Å². The quantitative estimate of drug-likeness (QED) is 0.670. The number of aromatic nitrogens is 4. The number of rotatable bonds is 3. The van der Waals surface area contributed by atoms with Gasteiger partial charge in [-0.15, -0.1) is 0 Å². The van der Waals surface area contributed by atoms with Crippen molar-refractivity contribution in [2.24, 2.45) is 7.05 Å². The number of likely N-dealkylation sites (tertiary alicyclic amines) is 1. The number of amides is 1. The third kappa shape index (κ3) is 3.57. The summed E-state index contributed by atoms with van der Waals surface area (Å²) in [6, 6.07) is 6.00. The molecule has 0 radical (unpaired) electrons. The summed E-state index contributed by atoms with van der Waals surface area (Å²) in [5.41, 5.74) is 1.92. The number of nitrogens with zero attached hydrogens (tertiary/aromatic N) is 5. The number of fused-ring (bicyclic) bond motifs is 1. The summed E-state index contributed by atoms with van der Waals surface area (Å²) < 4.78 is 18.1. The maximum atomic E-state index is 12.3. The molecule has 2 aliphatic heterocycles. The summed E-state index contributed by atoms with van der Waals surface area (Å²) >= 11 is 0. The van der Waals surface area contributed by atoms with Gasteiger partial charge >= 0.3 is 6.09 Å². The van der Waals surface area contributed by atoms with Crippen LogP contribution >= 0.6 is 0 Å². The Kier molecular flexibility index (Phi) is 4.67. The molecule has 0 bridgehead atoms. The minimum Gasteiger partial charge on any atom is -0.444 e. The van der Waals surface area contributed by atoms with Gasteiger partial charge in [0.2, 0.25) is 11.7 Å². The number of piperidine rings is 1. The lowest BCUT2D eigenvalue weighted by Gasteiger charge is -2.30. The van der Waals surface area contributed by atoms with Crippen LogP contribution in [0.2, 0.25) is 0 Å². The first-order valence-corrected chi connectivity index (χ1v) is 9.96. The molecule has 4 heterocycles. The fraction of sp³-hybridized carbons (Fsp3) is 0.500. The molecule has 152 valence electrons. The van der Waals surface area contributed by atoms with Gasteiger partial charge in [-0.2, -0.15) is 10.1 Å². The normalized spacial score (nSPS) is 20.4. The van der Waals surface area contributed by atoms with Gasteiger partial charge < -0.3 is 18.9 Å². The number of benzene rings is 1. The van der Waals surface area contributed by atoms with Crippen LogP contribution in [0, 0.1) is 0 Å². The van der Waals surface area contributed by atoms with Gasteiger partial charge in [0.1, 0.15) is 6.10 Å². The van der Waals surface area contributed by atoms with E-state index in [1.54, 1.807) is 4.90 Å². The van der Waals surface area contributed by atoms with E-state index in [1.807, 2.05) is 36.1 Å². The summed E-state index contributed by atoms with van der Waals surface area (Å²) in [4.78, 5) is 18.7. The van der Waals surface area contributed by atoms with Gasteiger partial charge in [-0.1, -0.05) is 17.3 Å². The van der Waals surface area contributed by atoms with Crippen molar-refractivity contribution < 1.29 is 18.8 Å². The average Bonchev–Trinajstić information content (AvgIpc) is 3.50. The first kappa shape index (κ1) is 18.1. The third-order valence-electron chi connectivity index (χ3n) is 5.71. The van der Waals surface area contributed by atoms with E-state index >= 15 is 0 Å². The highest BCUT2D eigenvalue weighted by Crippen LogP contribution is 2.30. The number of carbonyl (C=O) groups is 1. The van der Waals surface area contributed by atoms with Gasteiger partial charge in [-0.3, -0.25) is 4.68 Å². The lowest BCUT2D eigenvalue weighted by Crippen LogP contribution is -2.40. The number of carbonyl (C=O) groups excluding carboxylic acids is 1. The summed E-state index contributed by atoms with van der Waals surface area (Å²) in [7, 11) is 1.91. The first-order chi connectivity index (χ1) is 14.2. The van der Waals surface area contributed by atoms with Crippen molar-refractivity contribution in [2.45, 2.75) is 31.3 Å². The van der Waals surface area contributed by atoms with Crippen molar-refractivity contribution in [3.8, 4) is 11.4 Å². The second kappa shape index (κ2) is 7.47. The van der Waals surface area contributed by atoms with Gasteiger partial charge in [0.15, 0.2) is 0 Å². The molecule has 5 rings (SSSR count). The fourth-order valence-corrected chi connectivity index (χ4v) is 3.93. The zero-order valence-corrected chi connectivity index (χ0v) is 16.3. The van der Waals surface area contributed by atoms with Crippen molar-refractivity contribution in [3.63, 3.8) is 0 Å². The molecule has 9 heteroatoms. The van der Waals surface area contributed by atoms with E-state index in [-0.39, 0.29) is 18.1 Å². The molecule has 0 aliphatic carbocycles. The molecule has 0 spiro atoms. The summed E-state index contributed by atoms with van der Waals surface area (Å²) in [5.74, 6) is 1.35. The highest BCUT2D eigenvalue weighted by atomic mass is 16.6. The predicted octanol–water partition coefficient (Wildman–Crippen LogP) is 2.73. The molecule has 3 aromatic rings. The minimum absolute atomic E-state index is 0.115. The fourth-order valence-electron chi connectivity index (χ4n) is 3.93. The van der Waals surface area contributed by atoms with Crippen molar-refractivity contribution in [3.05, 3.63) is 30.3 Å². The summed E-state index contributed by atoms with van der Waals surface area (Å²) in [6.07, 6.45) is 3.79. The molecule has 0 saturated carbocycles. The zero-order valence-electron chi connectivity index (χ0n) is 16.3. The predicted molar refractivity (Wildman–Crippen MR) is 103 cm³/mol. The Balaban J connectivity index is 1.23. The van der Waals surface area contributed by atoms with E-state index in [0.29, 0.717) is 38.0 Å². The highest BCUT2D eigenvalue weighted by Gasteiger charge is 2.30.